The van der Waals surface area contributed by atoms with Crippen molar-refractivity contribution in [3.63, 3.8) is 0 Å². The Morgan fingerprint density at radius 2 is 2.23 bits per heavy atom. The quantitative estimate of drug-likeness (QED) is 0.705. The molecule has 2 aromatic rings. The molecule has 0 spiro atoms. The van der Waals surface area contributed by atoms with Crippen molar-refractivity contribution < 1.29 is 0 Å². The van der Waals surface area contributed by atoms with Crippen LogP contribution in [0.25, 0.3) is 5.69 Å². The molecule has 0 aliphatic rings. The van der Waals surface area contributed by atoms with Crippen LogP contribution in [0.4, 0.5) is 5.69 Å². The number of aromatic nitrogens is 3. The Balaban J connectivity index is 2.52. The Morgan fingerprint density at radius 1 is 1.38 bits per heavy atom. The maximum atomic E-state index is 5.57. The lowest BCUT2D eigenvalue weighted by molar-refractivity contribution is 0.869. The van der Waals surface area contributed by atoms with E-state index >= 15 is 0 Å². The van der Waals surface area contributed by atoms with E-state index in [0.29, 0.717) is 5.69 Å². The standard InChI is InChI=1S/C9H10N4/c1-7-4-11-3-2-9(7)13-6-8(10)5-12-13/h2-6H,10H2,1H3. The lowest BCUT2D eigenvalue weighted by Crippen LogP contribution is -1.97. The molecule has 13 heavy (non-hydrogen) atoms. The highest BCUT2D eigenvalue weighted by molar-refractivity contribution is 5.41. The van der Waals surface area contributed by atoms with Gasteiger partial charge >= 0.3 is 0 Å². The summed E-state index contributed by atoms with van der Waals surface area (Å²) in [5.74, 6) is 0. The van der Waals surface area contributed by atoms with Gasteiger partial charge in [0.2, 0.25) is 0 Å². The normalized spacial score (nSPS) is 10.2. The summed E-state index contributed by atoms with van der Waals surface area (Å²) in [6.07, 6.45) is 6.94. The van der Waals surface area contributed by atoms with Gasteiger partial charge in [-0.3, -0.25) is 4.98 Å². The third kappa shape index (κ3) is 1.38. The number of nitrogen functional groups attached to an aromatic ring is 1. The lowest BCUT2D eigenvalue weighted by Gasteiger charge is -2.03. The molecule has 4 heteroatoms. The van der Waals surface area contributed by atoms with Crippen molar-refractivity contribution >= 4 is 5.69 Å². The first-order chi connectivity index (χ1) is 6.27. The SMILES string of the molecule is Cc1cnccc1-n1cc(N)cn1. The van der Waals surface area contributed by atoms with Crippen LogP contribution < -0.4 is 5.73 Å². The Morgan fingerprint density at radius 3 is 2.85 bits per heavy atom. The second kappa shape index (κ2) is 2.90. The molecule has 0 radical (unpaired) electrons. The highest BCUT2D eigenvalue weighted by atomic mass is 15.3. The number of rotatable bonds is 1. The molecule has 0 saturated heterocycles. The Kier molecular flexibility index (Phi) is 1.73. The molecule has 0 fully saturated rings. The van der Waals surface area contributed by atoms with E-state index < -0.39 is 0 Å². The second-order valence-electron chi connectivity index (χ2n) is 2.88. The summed E-state index contributed by atoms with van der Waals surface area (Å²) in [7, 11) is 0. The van der Waals surface area contributed by atoms with E-state index in [1.165, 1.54) is 0 Å². The molecule has 2 rings (SSSR count). The summed E-state index contributed by atoms with van der Waals surface area (Å²) >= 11 is 0. The van der Waals surface area contributed by atoms with Crippen LogP contribution in [0.3, 0.4) is 0 Å². The average Bonchev–Trinajstić information content (AvgIpc) is 2.53. The molecular formula is C9H10N4. The first kappa shape index (κ1) is 7.79. The van der Waals surface area contributed by atoms with Crippen LogP contribution in [0.2, 0.25) is 0 Å². The molecule has 2 N–H and O–H groups in total. The minimum atomic E-state index is 0.663. The first-order valence-electron chi connectivity index (χ1n) is 3.98. The predicted octanol–water partition coefficient (Wildman–Crippen LogP) is 1.16. The van der Waals surface area contributed by atoms with Crippen molar-refractivity contribution in [2.75, 3.05) is 5.73 Å². The second-order valence-corrected chi connectivity index (χ2v) is 2.88. The summed E-state index contributed by atoms with van der Waals surface area (Å²) in [4.78, 5) is 4.00. The number of nitrogens with zero attached hydrogens (tertiary/aromatic N) is 3. The van der Waals surface area contributed by atoms with Crippen molar-refractivity contribution in [2.24, 2.45) is 0 Å². The van der Waals surface area contributed by atoms with E-state index in [1.54, 1.807) is 29.5 Å². The van der Waals surface area contributed by atoms with Gasteiger partial charge < -0.3 is 5.73 Å². The van der Waals surface area contributed by atoms with Gasteiger partial charge in [0.15, 0.2) is 0 Å². The van der Waals surface area contributed by atoms with E-state index in [4.69, 9.17) is 5.73 Å². The zero-order chi connectivity index (χ0) is 9.26. The maximum absolute atomic E-state index is 5.57. The molecule has 0 aliphatic heterocycles. The van der Waals surface area contributed by atoms with Gasteiger partial charge in [-0.15, -0.1) is 0 Å². The van der Waals surface area contributed by atoms with Gasteiger partial charge in [-0.2, -0.15) is 5.10 Å². The molecular weight excluding hydrogens is 164 g/mol. The Hall–Kier alpha value is -1.84. The van der Waals surface area contributed by atoms with Crippen molar-refractivity contribution in [3.05, 3.63) is 36.4 Å². The number of anilines is 1. The minimum Gasteiger partial charge on any atom is -0.396 e. The third-order valence-electron chi connectivity index (χ3n) is 1.84. The molecule has 0 atom stereocenters. The van der Waals surface area contributed by atoms with Gasteiger partial charge in [-0.05, 0) is 18.6 Å². The van der Waals surface area contributed by atoms with E-state index in [1.807, 2.05) is 13.0 Å². The van der Waals surface area contributed by atoms with Crippen LogP contribution in [0.5, 0.6) is 0 Å². The zero-order valence-electron chi connectivity index (χ0n) is 7.31. The topological polar surface area (TPSA) is 56.7 Å². The summed E-state index contributed by atoms with van der Waals surface area (Å²) in [6.45, 7) is 1.99. The maximum Gasteiger partial charge on any atom is 0.0724 e. The smallest absolute Gasteiger partial charge is 0.0724 e. The summed E-state index contributed by atoms with van der Waals surface area (Å²) in [5, 5.41) is 4.11. The van der Waals surface area contributed by atoms with Crippen molar-refractivity contribution in [2.45, 2.75) is 6.92 Å². The van der Waals surface area contributed by atoms with Crippen molar-refractivity contribution in [1.82, 2.24) is 14.8 Å². The Bertz CT molecular complexity index is 419. The molecule has 0 bridgehead atoms. The van der Waals surface area contributed by atoms with Crippen LogP contribution >= 0.6 is 0 Å². The highest BCUT2D eigenvalue weighted by Gasteiger charge is 2.00. The monoisotopic (exact) mass is 174 g/mol. The number of pyridine rings is 1. The van der Waals surface area contributed by atoms with Crippen LogP contribution in [0.15, 0.2) is 30.9 Å². The van der Waals surface area contributed by atoms with E-state index in [9.17, 15) is 0 Å². The predicted molar refractivity (Wildman–Crippen MR) is 50.5 cm³/mol. The van der Waals surface area contributed by atoms with E-state index in [0.717, 1.165) is 11.3 Å². The Labute approximate surface area is 76.0 Å². The fourth-order valence-electron chi connectivity index (χ4n) is 1.19. The van der Waals surface area contributed by atoms with Crippen molar-refractivity contribution in [1.29, 1.82) is 0 Å². The summed E-state index contributed by atoms with van der Waals surface area (Å²) < 4.78 is 1.74. The van der Waals surface area contributed by atoms with Crippen LogP contribution in [-0.2, 0) is 0 Å². The fraction of sp³-hybridized carbons (Fsp3) is 0.111. The largest absolute Gasteiger partial charge is 0.396 e. The first-order valence-corrected chi connectivity index (χ1v) is 3.98. The number of hydrogen-bond acceptors (Lipinski definition) is 3. The number of aryl methyl sites for hydroxylation is 1. The molecule has 4 nitrogen and oxygen atoms in total. The number of hydrogen-bond donors (Lipinski definition) is 1. The van der Waals surface area contributed by atoms with Crippen LogP contribution in [0, 0.1) is 6.92 Å². The fourth-order valence-corrected chi connectivity index (χ4v) is 1.19. The minimum absolute atomic E-state index is 0.663. The van der Waals surface area contributed by atoms with Crippen molar-refractivity contribution in [3.8, 4) is 5.69 Å². The van der Waals surface area contributed by atoms with Gasteiger partial charge in [0, 0.05) is 12.4 Å². The molecule has 0 aromatic carbocycles. The third-order valence-corrected chi connectivity index (χ3v) is 1.84. The number of nitrogens with two attached hydrogens (primary N) is 1. The van der Waals surface area contributed by atoms with Gasteiger partial charge in [-0.1, -0.05) is 0 Å². The summed E-state index contributed by atoms with van der Waals surface area (Å²) in [6, 6.07) is 1.90. The molecule has 0 amide bonds. The molecule has 0 aliphatic carbocycles. The van der Waals surface area contributed by atoms with Gasteiger partial charge in [0.05, 0.1) is 23.8 Å². The molecule has 2 heterocycles. The summed E-state index contributed by atoms with van der Waals surface area (Å²) in [5.41, 5.74) is 8.31. The van der Waals surface area contributed by atoms with Gasteiger partial charge in [-0.25, -0.2) is 4.68 Å². The molecule has 0 unspecified atom stereocenters. The van der Waals surface area contributed by atoms with Crippen LogP contribution in [0.1, 0.15) is 5.56 Å². The highest BCUT2D eigenvalue weighted by Crippen LogP contribution is 2.12. The molecule has 0 saturated carbocycles. The van der Waals surface area contributed by atoms with Crippen LogP contribution in [-0.4, -0.2) is 14.8 Å². The zero-order valence-corrected chi connectivity index (χ0v) is 7.31. The lowest BCUT2D eigenvalue weighted by atomic mass is 10.3. The molecule has 66 valence electrons. The van der Waals surface area contributed by atoms with E-state index in [-0.39, 0.29) is 0 Å². The van der Waals surface area contributed by atoms with Gasteiger partial charge in [0.1, 0.15) is 0 Å². The van der Waals surface area contributed by atoms with Gasteiger partial charge in [0.25, 0.3) is 0 Å². The molecule has 2 aromatic heterocycles. The van der Waals surface area contributed by atoms with E-state index in [2.05, 4.69) is 10.1 Å². The average molecular weight is 174 g/mol.